The molecule has 28 heavy (non-hydrogen) atoms. The fourth-order valence-corrected chi connectivity index (χ4v) is 3.54. The number of rotatable bonds is 4. The second-order valence-corrected chi connectivity index (χ2v) is 6.91. The summed E-state index contributed by atoms with van der Waals surface area (Å²) in [5.74, 6) is -0.685. The number of para-hydroxylation sites is 1. The van der Waals surface area contributed by atoms with Crippen molar-refractivity contribution >= 4 is 17.6 Å². The van der Waals surface area contributed by atoms with Gasteiger partial charge in [-0.1, -0.05) is 18.2 Å². The maximum atomic E-state index is 12.9. The number of ether oxygens (including phenoxy) is 1. The van der Waals surface area contributed by atoms with Crippen LogP contribution in [0.3, 0.4) is 0 Å². The minimum Gasteiger partial charge on any atom is -0.449 e. The minimum atomic E-state index is -0.845. The van der Waals surface area contributed by atoms with Gasteiger partial charge in [0.05, 0.1) is 5.56 Å². The molecule has 1 unspecified atom stereocenters. The van der Waals surface area contributed by atoms with E-state index in [1.54, 1.807) is 24.0 Å². The Balaban J connectivity index is 1.44. The van der Waals surface area contributed by atoms with Gasteiger partial charge in [0.25, 0.3) is 5.91 Å². The van der Waals surface area contributed by atoms with Crippen LogP contribution >= 0.6 is 0 Å². The van der Waals surface area contributed by atoms with Crippen LogP contribution in [0.5, 0.6) is 0 Å². The van der Waals surface area contributed by atoms with E-state index in [2.05, 4.69) is 0 Å². The van der Waals surface area contributed by atoms with Gasteiger partial charge in [0.1, 0.15) is 0 Å². The minimum absolute atomic E-state index is 0.190. The van der Waals surface area contributed by atoms with Crippen LogP contribution in [-0.4, -0.2) is 29.1 Å². The fourth-order valence-electron chi connectivity index (χ4n) is 3.54. The van der Waals surface area contributed by atoms with Gasteiger partial charge in [-0.05, 0) is 67.8 Å². The van der Waals surface area contributed by atoms with Crippen LogP contribution in [0.4, 0.5) is 5.69 Å². The predicted octanol–water partition coefficient (Wildman–Crippen LogP) is 4.00. The molecule has 0 fully saturated rings. The second kappa shape index (κ2) is 7.72. The fraction of sp³-hybridized carbons (Fsp3) is 0.217. The number of anilines is 1. The topological polar surface area (TPSA) is 51.5 Å². The molecule has 0 spiro atoms. The number of carbonyl (C=O) groups is 2. The number of carbonyl (C=O) groups excluding carboxylic acids is 2. The summed E-state index contributed by atoms with van der Waals surface area (Å²) < 4.78 is 7.41. The first-order chi connectivity index (χ1) is 13.6. The molecule has 5 nitrogen and oxygen atoms in total. The quantitative estimate of drug-likeness (QED) is 0.649. The average molecular weight is 374 g/mol. The van der Waals surface area contributed by atoms with Crippen LogP contribution in [-0.2, 0) is 16.0 Å². The van der Waals surface area contributed by atoms with Crippen molar-refractivity contribution in [2.75, 3.05) is 11.4 Å². The van der Waals surface area contributed by atoms with E-state index in [0.29, 0.717) is 12.1 Å². The molecule has 0 aliphatic carbocycles. The van der Waals surface area contributed by atoms with E-state index in [1.807, 2.05) is 65.5 Å². The highest BCUT2D eigenvalue weighted by atomic mass is 16.5. The van der Waals surface area contributed by atoms with Crippen molar-refractivity contribution in [1.82, 2.24) is 4.57 Å². The Morgan fingerprint density at radius 3 is 2.43 bits per heavy atom. The molecule has 0 saturated heterocycles. The third-order valence-electron chi connectivity index (χ3n) is 5.01. The SMILES string of the molecule is CC(OC(=O)c1ccc(-n2cccc2)cc1)C(=O)N1CCCc2ccccc21. The number of esters is 1. The zero-order chi connectivity index (χ0) is 19.5. The zero-order valence-electron chi connectivity index (χ0n) is 15.7. The van der Waals surface area contributed by atoms with Crippen molar-refractivity contribution in [2.45, 2.75) is 25.9 Å². The monoisotopic (exact) mass is 374 g/mol. The molecule has 5 heteroatoms. The molecule has 4 rings (SSSR count). The summed E-state index contributed by atoms with van der Waals surface area (Å²) in [5, 5.41) is 0. The molecule has 0 radical (unpaired) electrons. The maximum Gasteiger partial charge on any atom is 0.338 e. The van der Waals surface area contributed by atoms with Gasteiger partial charge in [0, 0.05) is 30.3 Å². The Morgan fingerprint density at radius 2 is 1.68 bits per heavy atom. The molecule has 2 aromatic carbocycles. The normalized spacial score (nSPS) is 14.2. The van der Waals surface area contributed by atoms with E-state index in [9.17, 15) is 9.59 Å². The Labute approximate surface area is 164 Å². The van der Waals surface area contributed by atoms with Gasteiger partial charge in [-0.2, -0.15) is 0 Å². The number of amides is 1. The molecule has 1 aromatic heterocycles. The molecule has 142 valence electrons. The molecule has 3 aromatic rings. The van der Waals surface area contributed by atoms with Crippen molar-refractivity contribution in [1.29, 1.82) is 0 Å². The van der Waals surface area contributed by atoms with E-state index < -0.39 is 12.1 Å². The first kappa shape index (κ1) is 18.0. The molecule has 2 heterocycles. The third kappa shape index (κ3) is 3.56. The predicted molar refractivity (Wildman–Crippen MR) is 108 cm³/mol. The summed E-state index contributed by atoms with van der Waals surface area (Å²) in [6.45, 7) is 2.27. The van der Waals surface area contributed by atoms with Gasteiger partial charge in [-0.15, -0.1) is 0 Å². The number of fused-ring (bicyclic) bond motifs is 1. The van der Waals surface area contributed by atoms with Gasteiger partial charge in [0.15, 0.2) is 6.10 Å². The van der Waals surface area contributed by atoms with Crippen molar-refractivity contribution in [3.8, 4) is 5.69 Å². The highest BCUT2D eigenvalue weighted by Crippen LogP contribution is 2.27. The molecule has 1 amide bonds. The summed E-state index contributed by atoms with van der Waals surface area (Å²) in [5.41, 5.74) is 3.45. The molecular formula is C23H22N2O3. The van der Waals surface area contributed by atoms with Gasteiger partial charge >= 0.3 is 5.97 Å². The third-order valence-corrected chi connectivity index (χ3v) is 5.01. The van der Waals surface area contributed by atoms with E-state index in [4.69, 9.17) is 4.74 Å². The van der Waals surface area contributed by atoms with Crippen LogP contribution in [0, 0.1) is 0 Å². The number of benzene rings is 2. The average Bonchev–Trinajstić information content (AvgIpc) is 3.28. The Morgan fingerprint density at radius 1 is 0.964 bits per heavy atom. The zero-order valence-corrected chi connectivity index (χ0v) is 15.7. The Hall–Kier alpha value is -3.34. The highest BCUT2D eigenvalue weighted by Gasteiger charge is 2.28. The van der Waals surface area contributed by atoms with E-state index in [1.165, 1.54) is 0 Å². The molecule has 0 saturated carbocycles. The van der Waals surface area contributed by atoms with Crippen molar-refractivity contribution < 1.29 is 14.3 Å². The van der Waals surface area contributed by atoms with Gasteiger partial charge < -0.3 is 14.2 Å². The lowest BCUT2D eigenvalue weighted by Gasteiger charge is -2.31. The van der Waals surface area contributed by atoms with E-state index in [0.717, 1.165) is 29.8 Å². The molecule has 1 aliphatic rings. The molecular weight excluding hydrogens is 352 g/mol. The standard InChI is InChI=1S/C23H22N2O3/c1-17(22(26)25-16-6-8-18-7-2-3-9-21(18)25)28-23(27)19-10-12-20(13-11-19)24-14-4-5-15-24/h2-5,7,9-15,17H,6,8,16H2,1H3. The largest absolute Gasteiger partial charge is 0.449 e. The van der Waals surface area contributed by atoms with Gasteiger partial charge in [0.2, 0.25) is 0 Å². The van der Waals surface area contributed by atoms with Crippen LogP contribution in [0.25, 0.3) is 5.69 Å². The molecule has 0 N–H and O–H groups in total. The van der Waals surface area contributed by atoms with Gasteiger partial charge in [-0.25, -0.2) is 4.79 Å². The molecule has 1 atom stereocenters. The van der Waals surface area contributed by atoms with Gasteiger partial charge in [-0.3, -0.25) is 4.79 Å². The number of hydrogen-bond acceptors (Lipinski definition) is 3. The van der Waals surface area contributed by atoms with Crippen molar-refractivity contribution in [2.24, 2.45) is 0 Å². The summed E-state index contributed by atoms with van der Waals surface area (Å²) >= 11 is 0. The van der Waals surface area contributed by atoms with Crippen molar-refractivity contribution in [3.05, 3.63) is 84.2 Å². The highest BCUT2D eigenvalue weighted by molar-refractivity contribution is 5.99. The van der Waals surface area contributed by atoms with E-state index in [-0.39, 0.29) is 5.91 Å². The molecule has 1 aliphatic heterocycles. The Bertz CT molecular complexity index is 977. The smallest absolute Gasteiger partial charge is 0.338 e. The first-order valence-electron chi connectivity index (χ1n) is 9.47. The number of aryl methyl sites for hydroxylation is 1. The van der Waals surface area contributed by atoms with Crippen LogP contribution in [0.1, 0.15) is 29.3 Å². The lowest BCUT2D eigenvalue weighted by Crippen LogP contribution is -2.42. The summed E-state index contributed by atoms with van der Waals surface area (Å²) in [6, 6.07) is 18.9. The number of nitrogens with zero attached hydrogens (tertiary/aromatic N) is 2. The van der Waals surface area contributed by atoms with E-state index >= 15 is 0 Å². The second-order valence-electron chi connectivity index (χ2n) is 6.91. The van der Waals surface area contributed by atoms with Crippen molar-refractivity contribution in [3.63, 3.8) is 0 Å². The summed E-state index contributed by atoms with van der Waals surface area (Å²) in [4.78, 5) is 27.1. The first-order valence-corrected chi connectivity index (χ1v) is 9.47. The summed E-state index contributed by atoms with van der Waals surface area (Å²) in [6.07, 6.45) is 4.89. The maximum absolute atomic E-state index is 12.9. The lowest BCUT2D eigenvalue weighted by atomic mass is 10.0. The van der Waals surface area contributed by atoms with Crippen LogP contribution < -0.4 is 4.90 Å². The summed E-state index contributed by atoms with van der Waals surface area (Å²) in [7, 11) is 0. The van der Waals surface area contributed by atoms with Crippen LogP contribution in [0.15, 0.2) is 73.1 Å². The van der Waals surface area contributed by atoms with Crippen LogP contribution in [0.2, 0.25) is 0 Å². The number of hydrogen-bond donors (Lipinski definition) is 0. The molecule has 0 bridgehead atoms. The Kier molecular flexibility index (Phi) is 4.98. The lowest BCUT2D eigenvalue weighted by molar-refractivity contribution is -0.126. The number of aromatic nitrogens is 1.